The van der Waals surface area contributed by atoms with Gasteiger partial charge in [0, 0.05) is 0 Å². The van der Waals surface area contributed by atoms with Gasteiger partial charge in [0.1, 0.15) is 0 Å². The van der Waals surface area contributed by atoms with Crippen LogP contribution in [0.25, 0.3) is 0 Å². The zero-order chi connectivity index (χ0) is 11.7. The number of nitrogens with one attached hydrogen (secondary N) is 1. The average molecular weight is 215 g/mol. The van der Waals surface area contributed by atoms with Crippen LogP contribution in [0.15, 0.2) is 0 Å². The molecule has 2 rings (SSSR count). The van der Waals surface area contributed by atoms with E-state index < -0.39 is 0 Å². The van der Waals surface area contributed by atoms with Gasteiger partial charge in [0.25, 0.3) is 0 Å². The number of hydrogen-bond donors (Lipinski definition) is 2. The number of rotatable bonds is 0. The van der Waals surface area contributed by atoms with Gasteiger partial charge in [-0.1, -0.05) is 34.1 Å². The summed E-state index contributed by atoms with van der Waals surface area (Å²) in [4.78, 5) is 0. The Labute approximate surface area is 95.5 Å². The van der Waals surface area contributed by atoms with Crippen molar-refractivity contribution in [2.45, 2.75) is 65.9 Å². The van der Waals surface area contributed by atoms with E-state index >= 15 is 0 Å². The molecule has 15 heavy (non-hydrogen) atoms. The van der Waals surface area contributed by atoms with Gasteiger partial charge < -0.3 is 10.4 Å². The van der Waals surface area contributed by atoms with Crippen LogP contribution >= 0.6 is 0 Å². The smallest absolute Gasteiger partial charge is 0.0550 e. The zero-order valence-corrected chi connectivity index (χ0v) is 11.0. The summed E-state index contributed by atoms with van der Waals surface area (Å²) in [5, 5.41) is 12.5. The fraction of sp³-hybridized carbons (Fsp3) is 1.00. The Kier molecular flexibility index (Phi) is 8.07. The predicted octanol–water partition coefficient (Wildman–Crippen LogP) is 2.95. The maximum absolute atomic E-state index is 9.14. The van der Waals surface area contributed by atoms with Crippen molar-refractivity contribution >= 4 is 0 Å². The van der Waals surface area contributed by atoms with Crippen molar-refractivity contribution in [2.75, 3.05) is 13.1 Å². The van der Waals surface area contributed by atoms with Crippen LogP contribution in [-0.4, -0.2) is 24.3 Å². The highest BCUT2D eigenvalue weighted by atomic mass is 16.3. The number of hydrogen-bond acceptors (Lipinski definition) is 2. The van der Waals surface area contributed by atoms with Crippen molar-refractivity contribution in [3.05, 3.63) is 0 Å². The summed E-state index contributed by atoms with van der Waals surface area (Å²) < 4.78 is 0. The van der Waals surface area contributed by atoms with Crippen molar-refractivity contribution in [2.24, 2.45) is 5.41 Å². The number of aliphatic hydroxyl groups is 1. The molecule has 0 aromatic carbocycles. The molecule has 1 aliphatic carbocycles. The van der Waals surface area contributed by atoms with Crippen molar-refractivity contribution in [1.29, 1.82) is 0 Å². The first-order valence-electron chi connectivity index (χ1n) is 6.61. The second kappa shape index (κ2) is 8.12. The lowest BCUT2D eigenvalue weighted by molar-refractivity contribution is -0.0497. The van der Waals surface area contributed by atoms with Gasteiger partial charge in [-0.2, -0.15) is 0 Å². The third-order valence-electron chi connectivity index (χ3n) is 3.00. The number of piperidine rings is 1. The fourth-order valence-electron chi connectivity index (χ4n) is 2.31. The van der Waals surface area contributed by atoms with Crippen LogP contribution in [0.3, 0.4) is 0 Å². The third-order valence-corrected chi connectivity index (χ3v) is 3.00. The van der Waals surface area contributed by atoms with Crippen molar-refractivity contribution in [3.8, 4) is 0 Å². The molecule has 0 aromatic rings. The molecule has 0 amide bonds. The van der Waals surface area contributed by atoms with E-state index in [0.717, 1.165) is 25.9 Å². The monoisotopic (exact) mass is 215 g/mol. The van der Waals surface area contributed by atoms with Gasteiger partial charge in [-0.05, 0) is 44.2 Å². The highest BCUT2D eigenvalue weighted by Crippen LogP contribution is 2.47. The predicted molar refractivity (Wildman–Crippen MR) is 67.1 cm³/mol. The van der Waals surface area contributed by atoms with Gasteiger partial charge >= 0.3 is 0 Å². The highest BCUT2D eigenvalue weighted by Gasteiger charge is 2.43. The minimum Gasteiger partial charge on any atom is -0.393 e. The normalized spacial score (nSPS) is 23.0. The van der Waals surface area contributed by atoms with Gasteiger partial charge in [-0.25, -0.2) is 0 Å². The summed E-state index contributed by atoms with van der Waals surface area (Å²) in [7, 11) is 0. The van der Waals surface area contributed by atoms with E-state index in [1.807, 2.05) is 13.8 Å². The molecular weight excluding hydrogens is 186 g/mol. The van der Waals surface area contributed by atoms with Crippen LogP contribution in [0, 0.1) is 5.41 Å². The van der Waals surface area contributed by atoms with E-state index in [-0.39, 0.29) is 6.10 Å². The lowest BCUT2D eigenvalue weighted by atomic mass is 9.62. The summed E-state index contributed by atoms with van der Waals surface area (Å²) in [6.45, 7) is 10.6. The highest BCUT2D eigenvalue weighted by molar-refractivity contribution is 4.96. The summed E-state index contributed by atoms with van der Waals surface area (Å²) >= 11 is 0. The molecule has 1 saturated heterocycles. The average Bonchev–Trinajstić information content (AvgIpc) is 2.21. The van der Waals surface area contributed by atoms with E-state index in [9.17, 15) is 0 Å². The van der Waals surface area contributed by atoms with Crippen molar-refractivity contribution in [1.82, 2.24) is 5.32 Å². The molecular formula is C13H29NO. The number of aliphatic hydroxyl groups excluding tert-OH is 1. The Bertz CT molecular complexity index is 126. The molecule has 2 nitrogen and oxygen atoms in total. The van der Waals surface area contributed by atoms with Crippen LogP contribution in [0.2, 0.25) is 0 Å². The lowest BCUT2D eigenvalue weighted by Crippen LogP contribution is -2.47. The van der Waals surface area contributed by atoms with Gasteiger partial charge in [0.2, 0.25) is 0 Å². The summed E-state index contributed by atoms with van der Waals surface area (Å²) in [5.74, 6) is 0. The maximum Gasteiger partial charge on any atom is 0.0550 e. The lowest BCUT2D eigenvalue weighted by Gasteiger charge is -2.48. The third kappa shape index (κ3) is 4.98. The van der Waals surface area contributed by atoms with Crippen LogP contribution in [-0.2, 0) is 0 Å². The topological polar surface area (TPSA) is 32.3 Å². The van der Waals surface area contributed by atoms with Crippen LogP contribution in [0.4, 0.5) is 0 Å². The summed E-state index contributed by atoms with van der Waals surface area (Å²) in [5.41, 5.74) is 0.560. The maximum atomic E-state index is 9.14. The molecule has 0 bridgehead atoms. The molecule has 2 heteroatoms. The van der Waals surface area contributed by atoms with Gasteiger partial charge in [0.05, 0.1) is 6.10 Å². The van der Waals surface area contributed by atoms with E-state index in [2.05, 4.69) is 19.2 Å². The van der Waals surface area contributed by atoms with E-state index in [1.165, 1.54) is 19.3 Å². The Morgan fingerprint density at radius 3 is 1.87 bits per heavy atom. The minimum atomic E-state index is 0.0260. The molecule has 92 valence electrons. The first kappa shape index (κ1) is 14.9. The van der Waals surface area contributed by atoms with E-state index in [0.29, 0.717) is 5.41 Å². The van der Waals surface area contributed by atoms with Crippen LogP contribution < -0.4 is 5.32 Å². The van der Waals surface area contributed by atoms with Gasteiger partial charge in [-0.3, -0.25) is 0 Å². The van der Waals surface area contributed by atoms with Crippen molar-refractivity contribution in [3.63, 3.8) is 0 Å². The largest absolute Gasteiger partial charge is 0.393 e. The molecule has 0 atom stereocenters. The van der Waals surface area contributed by atoms with Crippen LogP contribution in [0.1, 0.15) is 59.8 Å². The summed E-state index contributed by atoms with van der Waals surface area (Å²) in [6, 6.07) is 0. The van der Waals surface area contributed by atoms with Crippen LogP contribution in [0.5, 0.6) is 0 Å². The molecule has 0 radical (unpaired) electrons. The van der Waals surface area contributed by atoms with Gasteiger partial charge in [0.15, 0.2) is 0 Å². The first-order chi connectivity index (χ1) is 7.22. The molecule has 2 fully saturated rings. The Morgan fingerprint density at radius 2 is 1.53 bits per heavy atom. The summed E-state index contributed by atoms with van der Waals surface area (Å²) in [6.07, 6.45) is 5.97. The zero-order valence-electron chi connectivity index (χ0n) is 11.0. The Balaban J connectivity index is 0.000000342. The molecule has 1 heterocycles. The minimum absolute atomic E-state index is 0.0260. The second-order valence-corrected chi connectivity index (χ2v) is 4.52. The standard InChI is InChI=1S/C8H15NO.C3H8.C2H6/c10-7-5-8(6-7)1-3-9-4-2-8;1-3-2;1-2/h7,9-10H,1-6H2;3H2,1-2H3;1-2H3. The Hall–Kier alpha value is -0.0800. The Morgan fingerprint density at radius 1 is 1.13 bits per heavy atom. The van der Waals surface area contributed by atoms with Crippen molar-refractivity contribution < 1.29 is 5.11 Å². The molecule has 0 unspecified atom stereocenters. The molecule has 2 aliphatic rings. The molecule has 0 aromatic heterocycles. The second-order valence-electron chi connectivity index (χ2n) is 4.52. The SMILES string of the molecule is CC.CCC.OC1CC2(CCNCC2)C1. The quantitative estimate of drug-likeness (QED) is 0.651. The molecule has 1 spiro atoms. The first-order valence-corrected chi connectivity index (χ1v) is 6.61. The van der Waals surface area contributed by atoms with E-state index in [4.69, 9.17) is 5.11 Å². The fourth-order valence-corrected chi connectivity index (χ4v) is 2.31. The van der Waals surface area contributed by atoms with Gasteiger partial charge in [-0.15, -0.1) is 0 Å². The molecule has 1 aliphatic heterocycles. The molecule has 2 N–H and O–H groups in total. The van der Waals surface area contributed by atoms with E-state index in [1.54, 1.807) is 0 Å². The molecule has 1 saturated carbocycles.